The van der Waals surface area contributed by atoms with Crippen LogP contribution in [0.1, 0.15) is 6.92 Å². The molecule has 7 nitrogen and oxygen atoms in total. The van der Waals surface area contributed by atoms with Gasteiger partial charge in [0.15, 0.2) is 9.84 Å². The Kier molecular flexibility index (Phi) is 2.89. The van der Waals surface area contributed by atoms with E-state index in [2.05, 4.69) is 0 Å². The van der Waals surface area contributed by atoms with Crippen molar-refractivity contribution in [3.05, 3.63) is 32.7 Å². The summed E-state index contributed by atoms with van der Waals surface area (Å²) in [6.45, 7) is 1.35. The summed E-state index contributed by atoms with van der Waals surface area (Å²) in [6, 6.07) is 0.762. The molecular weight excluding hydrogens is 224 g/mol. The van der Waals surface area contributed by atoms with Crippen molar-refractivity contribution < 1.29 is 13.3 Å². The van der Waals surface area contributed by atoms with Gasteiger partial charge in [-0.2, -0.15) is 0 Å². The maximum absolute atomic E-state index is 11.4. The molecule has 1 rings (SSSR count). The zero-order valence-corrected chi connectivity index (χ0v) is 8.58. The van der Waals surface area contributed by atoms with Crippen LogP contribution in [-0.2, 0) is 9.84 Å². The lowest BCUT2D eigenvalue weighted by Gasteiger charge is -1.99. The molecule has 8 heteroatoms. The van der Waals surface area contributed by atoms with E-state index in [9.17, 15) is 23.3 Å². The van der Waals surface area contributed by atoms with Crippen molar-refractivity contribution in [2.75, 3.05) is 5.75 Å². The van der Waals surface area contributed by atoms with E-state index in [0.717, 1.165) is 12.3 Å². The highest BCUT2D eigenvalue weighted by atomic mass is 32.2. The normalized spacial score (nSPS) is 11.3. The maximum Gasteiger partial charge on any atom is 0.286 e. The predicted octanol–water partition coefficient (Wildman–Crippen LogP) is 0.0767. The van der Waals surface area contributed by atoms with Crippen LogP contribution in [-0.4, -0.2) is 24.1 Å². The molecule has 0 amide bonds. The Morgan fingerprint density at radius 3 is 2.60 bits per heavy atom. The van der Waals surface area contributed by atoms with Crippen molar-refractivity contribution in [1.29, 1.82) is 0 Å². The summed E-state index contributed by atoms with van der Waals surface area (Å²) < 4.78 is 22.7. The number of aromatic nitrogens is 1. The lowest BCUT2D eigenvalue weighted by molar-refractivity contribution is -0.385. The van der Waals surface area contributed by atoms with Crippen molar-refractivity contribution in [3.8, 4) is 0 Å². The van der Waals surface area contributed by atoms with Crippen LogP contribution in [0.25, 0.3) is 0 Å². The van der Waals surface area contributed by atoms with E-state index in [1.165, 1.54) is 6.92 Å². The summed E-state index contributed by atoms with van der Waals surface area (Å²) >= 11 is 0. The summed E-state index contributed by atoms with van der Waals surface area (Å²) in [5, 5.41) is 10.4. The Hall–Kier alpha value is -1.70. The maximum atomic E-state index is 11.4. The zero-order valence-electron chi connectivity index (χ0n) is 7.76. The molecular formula is C7H8N2O5S. The van der Waals surface area contributed by atoms with Crippen LogP contribution >= 0.6 is 0 Å². The summed E-state index contributed by atoms with van der Waals surface area (Å²) in [6.07, 6.45) is 0.858. The molecule has 0 saturated carbocycles. The third kappa shape index (κ3) is 2.21. The molecule has 0 unspecified atom stereocenters. The van der Waals surface area contributed by atoms with E-state index in [0.29, 0.717) is 0 Å². The molecule has 0 bridgehead atoms. The average Bonchev–Trinajstić information content (AvgIpc) is 2.17. The van der Waals surface area contributed by atoms with Crippen molar-refractivity contribution >= 4 is 15.5 Å². The van der Waals surface area contributed by atoms with Gasteiger partial charge in [-0.15, -0.1) is 0 Å². The van der Waals surface area contributed by atoms with Crippen LogP contribution in [0.15, 0.2) is 22.0 Å². The van der Waals surface area contributed by atoms with Gasteiger partial charge >= 0.3 is 0 Å². The standard InChI is InChI=1S/C7H8N2O5S/c1-2-15(13,14)6-3-5(9(11)12)4-8-7(6)10/h3-4H,2H2,1H3,(H,8,10). The molecule has 1 aromatic rings. The molecule has 0 aliphatic rings. The Bertz CT molecular complexity index is 545. The molecule has 0 spiro atoms. The van der Waals surface area contributed by atoms with Gasteiger partial charge in [0, 0.05) is 6.07 Å². The van der Waals surface area contributed by atoms with Crippen LogP contribution < -0.4 is 5.56 Å². The van der Waals surface area contributed by atoms with Crippen molar-refractivity contribution in [3.63, 3.8) is 0 Å². The van der Waals surface area contributed by atoms with Gasteiger partial charge in [-0.05, 0) is 0 Å². The minimum absolute atomic E-state index is 0.281. The van der Waals surface area contributed by atoms with Gasteiger partial charge in [0.1, 0.15) is 4.90 Å². The van der Waals surface area contributed by atoms with Crippen LogP contribution in [0.5, 0.6) is 0 Å². The average molecular weight is 232 g/mol. The van der Waals surface area contributed by atoms with Gasteiger partial charge < -0.3 is 4.98 Å². The second-order valence-electron chi connectivity index (χ2n) is 2.71. The number of nitro groups is 1. The first-order chi connectivity index (χ1) is 6.88. The Morgan fingerprint density at radius 1 is 1.53 bits per heavy atom. The molecule has 0 aliphatic carbocycles. The molecule has 0 radical (unpaired) electrons. The monoisotopic (exact) mass is 232 g/mol. The van der Waals surface area contributed by atoms with E-state index in [1.54, 1.807) is 0 Å². The molecule has 0 aliphatic heterocycles. The Balaban J connectivity index is 3.49. The fourth-order valence-electron chi connectivity index (χ4n) is 0.944. The SMILES string of the molecule is CCS(=O)(=O)c1cc([N+](=O)[O-])c[nH]c1=O. The van der Waals surface area contributed by atoms with Gasteiger partial charge in [0.2, 0.25) is 0 Å². The van der Waals surface area contributed by atoms with Crippen molar-refractivity contribution in [2.24, 2.45) is 0 Å². The first kappa shape index (κ1) is 11.4. The lowest BCUT2D eigenvalue weighted by Crippen LogP contribution is -2.18. The predicted molar refractivity (Wildman–Crippen MR) is 51.4 cm³/mol. The van der Waals surface area contributed by atoms with Crippen LogP contribution in [0.3, 0.4) is 0 Å². The van der Waals surface area contributed by atoms with Gasteiger partial charge in [-0.1, -0.05) is 6.92 Å². The third-order valence-electron chi connectivity index (χ3n) is 1.78. The molecule has 1 aromatic heterocycles. The molecule has 1 heterocycles. The summed E-state index contributed by atoms with van der Waals surface area (Å²) in [4.78, 5) is 22.2. The number of hydrogen-bond donors (Lipinski definition) is 1. The molecule has 82 valence electrons. The van der Waals surface area contributed by atoms with Gasteiger partial charge in [-0.3, -0.25) is 14.9 Å². The smallest absolute Gasteiger partial charge is 0.286 e. The zero-order chi connectivity index (χ0) is 11.6. The Labute approximate surface area is 84.8 Å². The lowest BCUT2D eigenvalue weighted by atomic mass is 10.4. The van der Waals surface area contributed by atoms with Crippen LogP contribution in [0.2, 0.25) is 0 Å². The fraction of sp³-hybridized carbons (Fsp3) is 0.286. The second kappa shape index (κ2) is 3.81. The number of aromatic amines is 1. The van der Waals surface area contributed by atoms with E-state index in [1.807, 2.05) is 4.98 Å². The quantitative estimate of drug-likeness (QED) is 0.586. The number of H-pyrrole nitrogens is 1. The van der Waals surface area contributed by atoms with E-state index in [-0.39, 0.29) is 5.75 Å². The Morgan fingerprint density at radius 2 is 2.13 bits per heavy atom. The highest BCUT2D eigenvalue weighted by Crippen LogP contribution is 2.12. The van der Waals surface area contributed by atoms with Gasteiger partial charge in [-0.25, -0.2) is 8.42 Å². The number of nitrogens with zero attached hydrogens (tertiary/aromatic N) is 1. The largest absolute Gasteiger partial charge is 0.322 e. The first-order valence-electron chi connectivity index (χ1n) is 3.98. The molecule has 0 fully saturated rings. The molecule has 0 saturated heterocycles. The van der Waals surface area contributed by atoms with Gasteiger partial charge in [0.05, 0.1) is 16.9 Å². The number of hydrogen-bond acceptors (Lipinski definition) is 5. The third-order valence-corrected chi connectivity index (χ3v) is 3.51. The molecule has 1 N–H and O–H groups in total. The minimum Gasteiger partial charge on any atom is -0.322 e. The second-order valence-corrected chi connectivity index (χ2v) is 4.96. The molecule has 0 aromatic carbocycles. The molecule has 15 heavy (non-hydrogen) atoms. The highest BCUT2D eigenvalue weighted by molar-refractivity contribution is 7.91. The van der Waals surface area contributed by atoms with Crippen LogP contribution in [0, 0.1) is 10.1 Å². The highest BCUT2D eigenvalue weighted by Gasteiger charge is 2.19. The topological polar surface area (TPSA) is 110 Å². The van der Waals surface area contributed by atoms with E-state index in [4.69, 9.17) is 0 Å². The molecule has 0 atom stereocenters. The summed E-state index contributed by atoms with van der Waals surface area (Å²) in [5.74, 6) is -0.281. The van der Waals surface area contributed by atoms with Gasteiger partial charge in [0.25, 0.3) is 11.2 Å². The summed E-state index contributed by atoms with van der Waals surface area (Å²) in [5.41, 5.74) is -1.30. The van der Waals surface area contributed by atoms with E-state index < -0.39 is 30.9 Å². The fourth-order valence-corrected chi connectivity index (χ4v) is 1.90. The van der Waals surface area contributed by atoms with E-state index >= 15 is 0 Å². The number of sulfone groups is 1. The summed E-state index contributed by atoms with van der Waals surface area (Å²) in [7, 11) is -3.73. The number of pyridine rings is 1. The number of rotatable bonds is 3. The van der Waals surface area contributed by atoms with Crippen molar-refractivity contribution in [2.45, 2.75) is 11.8 Å². The van der Waals surface area contributed by atoms with Crippen LogP contribution in [0.4, 0.5) is 5.69 Å². The minimum atomic E-state index is -3.73. The first-order valence-corrected chi connectivity index (χ1v) is 5.63. The van der Waals surface area contributed by atoms with Crippen molar-refractivity contribution in [1.82, 2.24) is 4.98 Å². The number of nitrogens with one attached hydrogen (secondary N) is 1.